The highest BCUT2D eigenvalue weighted by molar-refractivity contribution is 6.31. The zero-order valence-corrected chi connectivity index (χ0v) is 22.9. The summed E-state index contributed by atoms with van der Waals surface area (Å²) in [6.45, 7) is 3.21. The fraction of sp³-hybridized carbons (Fsp3) is 0.200. The molecule has 2 aromatic heterocycles. The first kappa shape index (κ1) is 25.8. The minimum absolute atomic E-state index is 0.0853. The largest absolute Gasteiger partial charge is 0.491 e. The number of anilines is 1. The number of nitrogens with zero attached hydrogens (tertiary/aromatic N) is 4. The third kappa shape index (κ3) is 4.14. The molecule has 9 nitrogen and oxygen atoms in total. The fourth-order valence-corrected chi connectivity index (χ4v) is 5.45. The first-order valence-corrected chi connectivity index (χ1v) is 13.0. The van der Waals surface area contributed by atoms with Crippen LogP contribution in [0.2, 0.25) is 5.02 Å². The number of benzene rings is 3. The summed E-state index contributed by atoms with van der Waals surface area (Å²) < 4.78 is 18.0. The van der Waals surface area contributed by atoms with Gasteiger partial charge in [0.1, 0.15) is 12.4 Å². The lowest BCUT2D eigenvalue weighted by molar-refractivity contribution is 0.0594. The van der Waals surface area contributed by atoms with Crippen molar-refractivity contribution in [3.63, 3.8) is 0 Å². The Morgan fingerprint density at radius 1 is 1.02 bits per heavy atom. The average molecular weight is 557 g/mol. The number of carbonyl (C=O) groups is 2. The van der Waals surface area contributed by atoms with Gasteiger partial charge in [-0.25, -0.2) is 4.79 Å². The van der Waals surface area contributed by atoms with Crippen LogP contribution in [0.5, 0.6) is 5.75 Å². The third-order valence-corrected chi connectivity index (χ3v) is 7.40. The third-order valence-electron chi connectivity index (χ3n) is 7.17. The molecule has 0 aliphatic carbocycles. The van der Waals surface area contributed by atoms with Crippen molar-refractivity contribution in [1.29, 1.82) is 0 Å². The van der Waals surface area contributed by atoms with Crippen molar-refractivity contribution in [2.45, 2.75) is 13.5 Å². The Hall–Kier alpha value is -4.47. The first-order valence-electron chi connectivity index (χ1n) is 12.6. The molecule has 0 spiro atoms. The van der Waals surface area contributed by atoms with Gasteiger partial charge in [0.25, 0.3) is 5.91 Å². The van der Waals surface area contributed by atoms with Gasteiger partial charge < -0.3 is 23.7 Å². The van der Waals surface area contributed by atoms with Crippen LogP contribution in [0.1, 0.15) is 32.0 Å². The number of fused-ring (bicyclic) bond motifs is 4. The molecule has 0 saturated carbocycles. The summed E-state index contributed by atoms with van der Waals surface area (Å²) in [6, 6.07) is 16.9. The van der Waals surface area contributed by atoms with Crippen LogP contribution in [0.25, 0.3) is 27.5 Å². The lowest BCUT2D eigenvalue weighted by atomic mass is 10.1. The number of halogens is 1. The monoisotopic (exact) mass is 556 g/mol. The molecule has 0 radical (unpaired) electrons. The molecule has 0 N–H and O–H groups in total. The van der Waals surface area contributed by atoms with Gasteiger partial charge >= 0.3 is 5.97 Å². The van der Waals surface area contributed by atoms with E-state index >= 15 is 0 Å². The highest BCUT2D eigenvalue weighted by Crippen LogP contribution is 2.39. The second-order valence-corrected chi connectivity index (χ2v) is 9.85. The lowest BCUT2D eigenvalue weighted by Gasteiger charge is -2.22. The molecule has 10 heteroatoms. The summed E-state index contributed by atoms with van der Waals surface area (Å²) in [5.74, 6) is -0.0745. The van der Waals surface area contributed by atoms with E-state index in [9.17, 15) is 9.59 Å². The summed E-state index contributed by atoms with van der Waals surface area (Å²) in [7, 11) is 2.93. The lowest BCUT2D eigenvalue weighted by Crippen LogP contribution is -2.24. The summed E-state index contributed by atoms with van der Waals surface area (Å²) in [5, 5.41) is 10.4. The number of hydrogen-bond acceptors (Lipinski definition) is 7. The van der Waals surface area contributed by atoms with Gasteiger partial charge in [0.2, 0.25) is 0 Å². The van der Waals surface area contributed by atoms with Crippen molar-refractivity contribution in [3.05, 3.63) is 88.2 Å². The van der Waals surface area contributed by atoms with Gasteiger partial charge in [-0.05, 0) is 54.4 Å². The van der Waals surface area contributed by atoms with Gasteiger partial charge in [0.05, 0.1) is 43.2 Å². The van der Waals surface area contributed by atoms with Crippen LogP contribution in [0.4, 0.5) is 5.69 Å². The van der Waals surface area contributed by atoms with Crippen molar-refractivity contribution in [2.24, 2.45) is 0 Å². The van der Waals surface area contributed by atoms with E-state index in [0.29, 0.717) is 41.6 Å². The number of amides is 1. The molecule has 202 valence electrons. The van der Waals surface area contributed by atoms with Crippen molar-refractivity contribution < 1.29 is 23.8 Å². The molecule has 0 fully saturated rings. The maximum absolute atomic E-state index is 13.4. The van der Waals surface area contributed by atoms with Crippen molar-refractivity contribution in [2.75, 3.05) is 32.3 Å². The van der Waals surface area contributed by atoms with Gasteiger partial charge in [-0.3, -0.25) is 4.79 Å². The van der Waals surface area contributed by atoms with Gasteiger partial charge in [0.15, 0.2) is 5.69 Å². The Bertz CT molecular complexity index is 1820. The van der Waals surface area contributed by atoms with Crippen LogP contribution in [0.15, 0.2) is 60.8 Å². The molecular formula is C30H25ClN4O5. The molecule has 6 rings (SSSR count). The Kier molecular flexibility index (Phi) is 6.61. The molecule has 5 aromatic rings. The van der Waals surface area contributed by atoms with Crippen LogP contribution in [-0.2, 0) is 16.0 Å². The highest BCUT2D eigenvalue weighted by Gasteiger charge is 2.31. The minimum atomic E-state index is -0.602. The maximum Gasteiger partial charge on any atom is 0.360 e. The van der Waals surface area contributed by atoms with Crippen molar-refractivity contribution >= 4 is 51.0 Å². The zero-order chi connectivity index (χ0) is 28.0. The van der Waals surface area contributed by atoms with E-state index < -0.39 is 5.97 Å². The Labute approximate surface area is 234 Å². The molecule has 0 saturated heterocycles. The summed E-state index contributed by atoms with van der Waals surface area (Å²) in [4.78, 5) is 28.0. The van der Waals surface area contributed by atoms with Gasteiger partial charge in [-0.15, -0.1) is 5.10 Å². The number of esters is 1. The molecule has 1 aliphatic heterocycles. The van der Waals surface area contributed by atoms with Crippen LogP contribution < -0.4 is 9.64 Å². The molecule has 3 heterocycles. The van der Waals surface area contributed by atoms with Crippen LogP contribution in [0, 0.1) is 6.92 Å². The van der Waals surface area contributed by atoms with Gasteiger partial charge in [0, 0.05) is 40.2 Å². The summed E-state index contributed by atoms with van der Waals surface area (Å²) >= 11 is 6.18. The van der Waals surface area contributed by atoms with E-state index in [2.05, 4.69) is 10.2 Å². The summed E-state index contributed by atoms with van der Waals surface area (Å²) in [6.07, 6.45) is 1.63. The Morgan fingerprint density at radius 3 is 2.65 bits per heavy atom. The standard InChI is InChI=1S/C30H25ClN4O5/c1-17-24(34-16-18-7-8-19(31)13-22(18)29(34)36)5-4-6-25(17)35-26-14-20(40-12-11-38-2)9-10-21(26)23-15-32-33-27(28(23)35)30(37)39-3/h4-10,13-15H,11-12,16H2,1-3H3. The smallest absolute Gasteiger partial charge is 0.360 e. The van der Waals surface area contributed by atoms with Crippen molar-refractivity contribution in [3.8, 4) is 11.4 Å². The van der Waals surface area contributed by atoms with Crippen LogP contribution >= 0.6 is 11.6 Å². The number of methoxy groups -OCH3 is 2. The molecule has 1 aliphatic rings. The number of carbonyl (C=O) groups excluding carboxylic acids is 2. The summed E-state index contributed by atoms with van der Waals surface area (Å²) in [5.41, 5.74) is 5.29. The maximum atomic E-state index is 13.4. The number of rotatable bonds is 7. The normalized spacial score (nSPS) is 12.8. The highest BCUT2D eigenvalue weighted by atomic mass is 35.5. The van der Waals surface area contributed by atoms with Gasteiger partial charge in [-0.2, -0.15) is 5.10 Å². The molecule has 0 bridgehead atoms. The fourth-order valence-electron chi connectivity index (χ4n) is 5.28. The molecule has 0 unspecified atom stereocenters. The zero-order valence-electron chi connectivity index (χ0n) is 22.1. The number of ether oxygens (including phenoxy) is 3. The molecule has 1 amide bonds. The van der Waals surface area contributed by atoms with E-state index in [-0.39, 0.29) is 11.6 Å². The van der Waals surface area contributed by atoms with E-state index in [1.54, 1.807) is 30.3 Å². The van der Waals surface area contributed by atoms with E-state index in [1.807, 2.05) is 54.0 Å². The predicted octanol–water partition coefficient (Wildman–Crippen LogP) is 5.51. The van der Waals surface area contributed by atoms with E-state index in [1.165, 1.54) is 7.11 Å². The molecule has 3 aromatic carbocycles. The van der Waals surface area contributed by atoms with Gasteiger partial charge in [-0.1, -0.05) is 23.7 Å². The second-order valence-electron chi connectivity index (χ2n) is 9.42. The van der Waals surface area contributed by atoms with E-state index in [0.717, 1.165) is 38.8 Å². The first-order chi connectivity index (χ1) is 19.4. The quantitative estimate of drug-likeness (QED) is 0.193. The van der Waals surface area contributed by atoms with Crippen LogP contribution in [0.3, 0.4) is 0 Å². The Balaban J connectivity index is 1.58. The van der Waals surface area contributed by atoms with E-state index in [4.69, 9.17) is 25.8 Å². The Morgan fingerprint density at radius 2 is 1.85 bits per heavy atom. The predicted molar refractivity (Wildman–Crippen MR) is 152 cm³/mol. The topological polar surface area (TPSA) is 95.8 Å². The number of aromatic nitrogens is 3. The number of hydrogen-bond donors (Lipinski definition) is 0. The average Bonchev–Trinajstić information content (AvgIpc) is 3.47. The van der Waals surface area contributed by atoms with Crippen LogP contribution in [-0.4, -0.2) is 54.1 Å². The second kappa shape index (κ2) is 10.3. The molecular weight excluding hydrogens is 532 g/mol. The SMILES string of the molecule is COCCOc1ccc2c3cnnc(C(=O)OC)c3n(-c3cccc(N4Cc5ccc(Cl)cc5C4=O)c3C)c2c1. The van der Waals surface area contributed by atoms with Crippen molar-refractivity contribution in [1.82, 2.24) is 14.8 Å². The molecule has 40 heavy (non-hydrogen) atoms. The minimum Gasteiger partial charge on any atom is -0.491 e. The molecule has 0 atom stereocenters.